The molecular formula is C14H12FN7. The second-order valence-corrected chi connectivity index (χ2v) is 5.10. The van der Waals surface area contributed by atoms with Crippen LogP contribution in [-0.4, -0.2) is 45.8 Å². The Morgan fingerprint density at radius 1 is 1.27 bits per heavy atom. The Morgan fingerprint density at radius 2 is 2.09 bits per heavy atom. The molecule has 110 valence electrons. The second kappa shape index (κ2) is 4.89. The lowest BCUT2D eigenvalue weighted by Gasteiger charge is -2.28. The summed E-state index contributed by atoms with van der Waals surface area (Å²) in [6.45, 7) is 3.34. The predicted molar refractivity (Wildman–Crippen MR) is 78.0 cm³/mol. The number of halogens is 1. The van der Waals surface area contributed by atoms with Crippen LogP contribution in [0.1, 0.15) is 5.56 Å². The molecule has 0 bridgehead atoms. The third-order valence-electron chi connectivity index (χ3n) is 3.80. The van der Waals surface area contributed by atoms with Gasteiger partial charge < -0.3 is 10.2 Å². The number of nitriles is 1. The molecule has 1 N–H and O–H groups in total. The Kier molecular flexibility index (Phi) is 2.87. The van der Waals surface area contributed by atoms with Crippen LogP contribution in [0.3, 0.4) is 0 Å². The minimum atomic E-state index is -0.576. The highest BCUT2D eigenvalue weighted by Gasteiger charge is 2.19. The average molecular weight is 297 g/mol. The van der Waals surface area contributed by atoms with Crippen molar-refractivity contribution in [1.82, 2.24) is 24.9 Å². The molecule has 22 heavy (non-hydrogen) atoms. The molecule has 1 saturated heterocycles. The van der Waals surface area contributed by atoms with E-state index in [2.05, 4.69) is 25.3 Å². The number of nitrogens with zero attached hydrogens (tertiary/aromatic N) is 6. The fraction of sp³-hybridized carbons (Fsp3) is 0.286. The summed E-state index contributed by atoms with van der Waals surface area (Å²) in [6.07, 6.45) is 1.44. The molecule has 3 heterocycles. The van der Waals surface area contributed by atoms with Crippen LogP contribution in [0.2, 0.25) is 0 Å². The standard InChI is InChI=1S/C14H12FN7/c15-10-6-11-12(5-9(10)7-16)22-13(18-8-19-22)14(20-11)21-3-1-17-2-4-21/h5-6,8,17H,1-4H2. The Labute approximate surface area is 125 Å². The summed E-state index contributed by atoms with van der Waals surface area (Å²) in [4.78, 5) is 10.9. The van der Waals surface area contributed by atoms with Crippen LogP contribution in [0.4, 0.5) is 10.2 Å². The topological polar surface area (TPSA) is 82.1 Å². The molecule has 1 aliphatic rings. The highest BCUT2D eigenvalue weighted by molar-refractivity contribution is 5.83. The van der Waals surface area contributed by atoms with Gasteiger partial charge in [-0.15, -0.1) is 0 Å². The zero-order valence-corrected chi connectivity index (χ0v) is 11.6. The van der Waals surface area contributed by atoms with Crippen molar-refractivity contribution in [2.45, 2.75) is 0 Å². The first-order valence-corrected chi connectivity index (χ1v) is 6.96. The average Bonchev–Trinajstić information content (AvgIpc) is 3.04. The molecule has 8 heteroatoms. The SMILES string of the molecule is N#Cc1cc2c(cc1F)nc(N1CCNCC1)c1ncnn12. The van der Waals surface area contributed by atoms with Crippen molar-refractivity contribution in [3.63, 3.8) is 0 Å². The molecule has 1 fully saturated rings. The number of piperazine rings is 1. The van der Waals surface area contributed by atoms with Gasteiger partial charge in [0, 0.05) is 32.2 Å². The molecule has 0 aliphatic carbocycles. The normalized spacial score (nSPS) is 15.4. The van der Waals surface area contributed by atoms with Crippen LogP contribution in [0.25, 0.3) is 16.7 Å². The first-order chi connectivity index (χ1) is 10.8. The van der Waals surface area contributed by atoms with E-state index in [0.29, 0.717) is 22.5 Å². The summed E-state index contributed by atoms with van der Waals surface area (Å²) in [5.41, 5.74) is 1.62. The van der Waals surface area contributed by atoms with Gasteiger partial charge in [0.1, 0.15) is 18.2 Å². The second-order valence-electron chi connectivity index (χ2n) is 5.10. The number of aromatic nitrogens is 4. The van der Waals surface area contributed by atoms with Crippen molar-refractivity contribution in [1.29, 1.82) is 5.26 Å². The van der Waals surface area contributed by atoms with Gasteiger partial charge in [-0.1, -0.05) is 0 Å². The van der Waals surface area contributed by atoms with Gasteiger partial charge in [0.05, 0.1) is 16.6 Å². The molecule has 4 rings (SSSR count). The molecule has 0 atom stereocenters. The first kappa shape index (κ1) is 12.9. The van der Waals surface area contributed by atoms with E-state index >= 15 is 0 Å². The monoisotopic (exact) mass is 297 g/mol. The van der Waals surface area contributed by atoms with E-state index < -0.39 is 5.82 Å². The van der Waals surface area contributed by atoms with Crippen molar-refractivity contribution in [3.8, 4) is 6.07 Å². The Bertz CT molecular complexity index is 905. The molecule has 0 unspecified atom stereocenters. The van der Waals surface area contributed by atoms with Crippen LogP contribution in [0.15, 0.2) is 18.5 Å². The van der Waals surface area contributed by atoms with Crippen LogP contribution >= 0.6 is 0 Å². The molecule has 2 aromatic heterocycles. The van der Waals surface area contributed by atoms with Gasteiger partial charge in [0.15, 0.2) is 11.5 Å². The highest BCUT2D eigenvalue weighted by atomic mass is 19.1. The highest BCUT2D eigenvalue weighted by Crippen LogP contribution is 2.25. The maximum Gasteiger partial charge on any atom is 0.199 e. The van der Waals surface area contributed by atoms with E-state index in [0.717, 1.165) is 26.2 Å². The van der Waals surface area contributed by atoms with Crippen LogP contribution in [0.5, 0.6) is 0 Å². The van der Waals surface area contributed by atoms with Crippen molar-refractivity contribution >= 4 is 22.5 Å². The van der Waals surface area contributed by atoms with Gasteiger partial charge in [-0.2, -0.15) is 10.4 Å². The van der Waals surface area contributed by atoms with Gasteiger partial charge in [-0.25, -0.2) is 18.9 Å². The fourth-order valence-corrected chi connectivity index (χ4v) is 2.72. The quantitative estimate of drug-likeness (QED) is 0.712. The van der Waals surface area contributed by atoms with Gasteiger partial charge in [0.2, 0.25) is 0 Å². The van der Waals surface area contributed by atoms with Crippen LogP contribution in [-0.2, 0) is 0 Å². The van der Waals surface area contributed by atoms with Crippen molar-refractivity contribution < 1.29 is 4.39 Å². The maximum atomic E-state index is 13.9. The van der Waals surface area contributed by atoms with Gasteiger partial charge in [-0.3, -0.25) is 0 Å². The van der Waals surface area contributed by atoms with E-state index in [-0.39, 0.29) is 5.56 Å². The molecule has 0 spiro atoms. The number of hydrogen-bond donors (Lipinski definition) is 1. The molecule has 3 aromatic rings. The van der Waals surface area contributed by atoms with E-state index in [1.54, 1.807) is 4.52 Å². The summed E-state index contributed by atoms with van der Waals surface area (Å²) < 4.78 is 15.5. The van der Waals surface area contributed by atoms with E-state index in [1.807, 2.05) is 6.07 Å². The summed E-state index contributed by atoms with van der Waals surface area (Å²) >= 11 is 0. The van der Waals surface area contributed by atoms with Crippen molar-refractivity contribution in [2.75, 3.05) is 31.1 Å². The van der Waals surface area contributed by atoms with Gasteiger partial charge >= 0.3 is 0 Å². The summed E-state index contributed by atoms with van der Waals surface area (Å²) in [7, 11) is 0. The first-order valence-electron chi connectivity index (χ1n) is 6.96. The van der Waals surface area contributed by atoms with Gasteiger partial charge in [0.25, 0.3) is 0 Å². The molecule has 1 aromatic carbocycles. The van der Waals surface area contributed by atoms with Crippen molar-refractivity contribution in [3.05, 3.63) is 29.8 Å². The number of rotatable bonds is 1. The number of anilines is 1. The number of hydrogen-bond acceptors (Lipinski definition) is 6. The van der Waals surface area contributed by atoms with E-state index in [9.17, 15) is 4.39 Å². The summed E-state index contributed by atoms with van der Waals surface area (Å²) in [5.74, 6) is 0.115. The molecule has 7 nitrogen and oxygen atoms in total. The number of nitrogens with one attached hydrogen (secondary N) is 1. The van der Waals surface area contributed by atoms with Gasteiger partial charge in [-0.05, 0) is 6.07 Å². The lowest BCUT2D eigenvalue weighted by Crippen LogP contribution is -2.44. The Balaban J connectivity index is 2.01. The smallest absolute Gasteiger partial charge is 0.199 e. The van der Waals surface area contributed by atoms with Crippen molar-refractivity contribution in [2.24, 2.45) is 0 Å². The third kappa shape index (κ3) is 1.87. The predicted octanol–water partition coefficient (Wildman–Crippen LogP) is 0.698. The minimum absolute atomic E-state index is 0.0268. The number of fused-ring (bicyclic) bond motifs is 3. The zero-order chi connectivity index (χ0) is 15.1. The lowest BCUT2D eigenvalue weighted by molar-refractivity contribution is 0.585. The van der Waals surface area contributed by atoms with E-state index in [4.69, 9.17) is 5.26 Å². The molecular weight excluding hydrogens is 285 g/mol. The summed E-state index contributed by atoms with van der Waals surface area (Å²) in [5, 5.41) is 16.5. The Hall–Kier alpha value is -2.79. The van der Waals surface area contributed by atoms with Crippen LogP contribution < -0.4 is 10.2 Å². The summed E-state index contributed by atoms with van der Waals surface area (Å²) in [6, 6.07) is 4.58. The van der Waals surface area contributed by atoms with Crippen LogP contribution in [0, 0.1) is 17.1 Å². The third-order valence-corrected chi connectivity index (χ3v) is 3.80. The largest absolute Gasteiger partial charge is 0.351 e. The molecule has 0 saturated carbocycles. The molecule has 0 radical (unpaired) electrons. The molecule has 0 amide bonds. The lowest BCUT2D eigenvalue weighted by atomic mass is 10.2. The number of benzene rings is 1. The fourth-order valence-electron chi connectivity index (χ4n) is 2.72. The molecule has 1 aliphatic heterocycles. The zero-order valence-electron chi connectivity index (χ0n) is 11.6. The Morgan fingerprint density at radius 3 is 2.86 bits per heavy atom. The maximum absolute atomic E-state index is 13.9. The minimum Gasteiger partial charge on any atom is -0.351 e. The van der Waals surface area contributed by atoms with E-state index in [1.165, 1.54) is 18.5 Å².